The van der Waals surface area contributed by atoms with Crippen LogP contribution in [0.2, 0.25) is 0 Å². The summed E-state index contributed by atoms with van der Waals surface area (Å²) >= 11 is 0. The van der Waals surface area contributed by atoms with Crippen molar-refractivity contribution in [3.05, 3.63) is 42.0 Å². The molecule has 2 nitrogen and oxygen atoms in total. The number of carbonyl (C=O) groups is 1. The Morgan fingerprint density at radius 1 is 1.05 bits per heavy atom. The summed E-state index contributed by atoms with van der Waals surface area (Å²) in [6.45, 7) is 4.42. The smallest absolute Gasteiger partial charge is 0.248 e. The van der Waals surface area contributed by atoms with Gasteiger partial charge in [-0.05, 0) is 24.3 Å². The van der Waals surface area contributed by atoms with Crippen LogP contribution in [0.3, 0.4) is 0 Å². The fourth-order valence-corrected chi connectivity index (χ4v) is 2.69. The first-order valence-corrected chi connectivity index (χ1v) is 8.26. The lowest BCUT2D eigenvalue weighted by Gasteiger charge is -2.14. The Morgan fingerprint density at radius 3 is 2.33 bits per heavy atom. The topological polar surface area (TPSA) is 43.1 Å². The number of nitrogens with two attached hydrogens (primary N) is 1. The average molecular weight is 287 g/mol. The largest absolute Gasteiger partial charge is 0.366 e. The van der Waals surface area contributed by atoms with E-state index in [1.807, 2.05) is 30.3 Å². The number of allylic oxidation sites excluding steroid dienone is 1. The highest BCUT2D eigenvalue weighted by Crippen LogP contribution is 2.23. The Bertz CT molecular complexity index is 436. The van der Waals surface area contributed by atoms with E-state index < -0.39 is 0 Å². The van der Waals surface area contributed by atoms with Gasteiger partial charge in [0, 0.05) is 5.57 Å². The van der Waals surface area contributed by atoms with Gasteiger partial charge in [-0.1, -0.05) is 82.4 Å². The molecule has 0 radical (unpaired) electrons. The van der Waals surface area contributed by atoms with E-state index in [1.54, 1.807) is 0 Å². The van der Waals surface area contributed by atoms with Crippen LogP contribution < -0.4 is 5.73 Å². The Balaban J connectivity index is 2.80. The van der Waals surface area contributed by atoms with Gasteiger partial charge in [0.05, 0.1) is 0 Å². The SMILES string of the molecule is CCCCCCC(C=C(C(N)=O)c1ccccc1)CCC. The highest BCUT2D eigenvalue weighted by molar-refractivity contribution is 6.18. The number of carbonyl (C=O) groups excluding carboxylic acids is 1. The Labute approximate surface area is 129 Å². The second-order valence-corrected chi connectivity index (χ2v) is 5.71. The summed E-state index contributed by atoms with van der Waals surface area (Å²) in [4.78, 5) is 11.8. The first-order valence-electron chi connectivity index (χ1n) is 8.26. The van der Waals surface area contributed by atoms with Gasteiger partial charge in [0.25, 0.3) is 0 Å². The molecule has 0 heterocycles. The number of primary amides is 1. The molecule has 0 fully saturated rings. The molecule has 116 valence electrons. The number of benzene rings is 1. The maximum atomic E-state index is 11.8. The maximum absolute atomic E-state index is 11.8. The number of amides is 1. The Hall–Kier alpha value is -1.57. The van der Waals surface area contributed by atoms with Crippen LogP contribution in [0.25, 0.3) is 5.57 Å². The number of hydrogen-bond acceptors (Lipinski definition) is 1. The number of unbranched alkanes of at least 4 members (excludes halogenated alkanes) is 3. The third-order valence-electron chi connectivity index (χ3n) is 3.84. The van der Waals surface area contributed by atoms with Gasteiger partial charge in [-0.2, -0.15) is 0 Å². The van der Waals surface area contributed by atoms with Crippen LogP contribution >= 0.6 is 0 Å². The Kier molecular flexibility index (Phi) is 8.49. The van der Waals surface area contributed by atoms with Crippen LogP contribution in [-0.2, 0) is 4.79 Å². The molecule has 0 saturated heterocycles. The minimum atomic E-state index is -0.323. The molecule has 0 bridgehead atoms. The van der Waals surface area contributed by atoms with Crippen molar-refractivity contribution in [2.45, 2.75) is 58.8 Å². The quantitative estimate of drug-likeness (QED) is 0.480. The van der Waals surface area contributed by atoms with Crippen LogP contribution in [0.15, 0.2) is 36.4 Å². The van der Waals surface area contributed by atoms with E-state index in [0.717, 1.165) is 24.8 Å². The molecule has 0 spiro atoms. The highest BCUT2D eigenvalue weighted by Gasteiger charge is 2.12. The summed E-state index contributed by atoms with van der Waals surface area (Å²) in [5.74, 6) is 0.130. The maximum Gasteiger partial charge on any atom is 0.248 e. The molecular weight excluding hydrogens is 258 g/mol. The first-order chi connectivity index (χ1) is 10.2. The first kappa shape index (κ1) is 17.5. The van der Waals surface area contributed by atoms with Gasteiger partial charge in [0.15, 0.2) is 0 Å². The lowest BCUT2D eigenvalue weighted by Crippen LogP contribution is -2.14. The molecular formula is C19H29NO. The zero-order valence-corrected chi connectivity index (χ0v) is 13.5. The van der Waals surface area contributed by atoms with Gasteiger partial charge >= 0.3 is 0 Å². The minimum absolute atomic E-state index is 0.323. The normalized spacial score (nSPS) is 13.1. The van der Waals surface area contributed by atoms with Crippen LogP contribution in [0.1, 0.15) is 64.4 Å². The van der Waals surface area contributed by atoms with E-state index in [2.05, 4.69) is 19.9 Å². The fraction of sp³-hybridized carbons (Fsp3) is 0.526. The predicted molar refractivity (Wildman–Crippen MR) is 90.8 cm³/mol. The van der Waals surface area contributed by atoms with Crippen molar-refractivity contribution in [2.75, 3.05) is 0 Å². The third kappa shape index (κ3) is 6.61. The van der Waals surface area contributed by atoms with Gasteiger partial charge in [0.1, 0.15) is 0 Å². The second kappa shape index (κ2) is 10.2. The molecule has 1 aromatic rings. The minimum Gasteiger partial charge on any atom is -0.366 e. The van der Waals surface area contributed by atoms with Crippen molar-refractivity contribution in [1.29, 1.82) is 0 Å². The van der Waals surface area contributed by atoms with E-state index in [4.69, 9.17) is 5.73 Å². The molecule has 0 aromatic heterocycles. The summed E-state index contributed by atoms with van der Waals surface area (Å²) < 4.78 is 0. The van der Waals surface area contributed by atoms with E-state index in [0.29, 0.717) is 11.5 Å². The lowest BCUT2D eigenvalue weighted by atomic mass is 9.91. The second-order valence-electron chi connectivity index (χ2n) is 5.71. The van der Waals surface area contributed by atoms with Gasteiger partial charge in [0.2, 0.25) is 5.91 Å². The van der Waals surface area contributed by atoms with Crippen molar-refractivity contribution in [3.63, 3.8) is 0 Å². The summed E-state index contributed by atoms with van der Waals surface area (Å²) in [5.41, 5.74) is 7.18. The molecule has 2 heteroatoms. The molecule has 0 saturated carbocycles. The fourth-order valence-electron chi connectivity index (χ4n) is 2.69. The van der Waals surface area contributed by atoms with Gasteiger partial charge in [-0.25, -0.2) is 0 Å². The summed E-state index contributed by atoms with van der Waals surface area (Å²) in [6.07, 6.45) is 10.6. The number of hydrogen-bond donors (Lipinski definition) is 1. The van der Waals surface area contributed by atoms with Crippen molar-refractivity contribution < 1.29 is 4.79 Å². The van der Waals surface area contributed by atoms with Crippen molar-refractivity contribution in [2.24, 2.45) is 11.7 Å². The standard InChI is InChI=1S/C19H29NO/c1-3-5-6-8-12-16(11-4-2)15-18(19(20)21)17-13-9-7-10-14-17/h7,9-10,13-16H,3-6,8,11-12H2,1-2H3,(H2,20,21). The van der Waals surface area contributed by atoms with Crippen LogP contribution in [0.5, 0.6) is 0 Å². The van der Waals surface area contributed by atoms with Crippen LogP contribution in [-0.4, -0.2) is 5.91 Å². The molecule has 0 aliphatic rings. The molecule has 0 aliphatic heterocycles. The zero-order chi connectivity index (χ0) is 15.5. The zero-order valence-electron chi connectivity index (χ0n) is 13.5. The molecule has 1 atom stereocenters. The Morgan fingerprint density at radius 2 is 1.76 bits per heavy atom. The molecule has 21 heavy (non-hydrogen) atoms. The van der Waals surface area contributed by atoms with E-state index in [-0.39, 0.29) is 5.91 Å². The average Bonchev–Trinajstić information content (AvgIpc) is 2.49. The predicted octanol–water partition coefficient (Wildman–Crippen LogP) is 4.94. The third-order valence-corrected chi connectivity index (χ3v) is 3.84. The molecule has 2 N–H and O–H groups in total. The molecule has 1 unspecified atom stereocenters. The van der Waals surface area contributed by atoms with Crippen LogP contribution in [0, 0.1) is 5.92 Å². The van der Waals surface area contributed by atoms with Gasteiger partial charge in [-0.15, -0.1) is 0 Å². The van der Waals surface area contributed by atoms with Crippen LogP contribution in [0.4, 0.5) is 0 Å². The van der Waals surface area contributed by atoms with Crippen molar-refractivity contribution in [1.82, 2.24) is 0 Å². The van der Waals surface area contributed by atoms with Crippen molar-refractivity contribution in [3.8, 4) is 0 Å². The van der Waals surface area contributed by atoms with E-state index in [1.165, 1.54) is 25.7 Å². The van der Waals surface area contributed by atoms with E-state index in [9.17, 15) is 4.79 Å². The summed E-state index contributed by atoms with van der Waals surface area (Å²) in [5, 5.41) is 0. The monoisotopic (exact) mass is 287 g/mol. The van der Waals surface area contributed by atoms with Gasteiger partial charge in [-0.3, -0.25) is 4.79 Å². The molecule has 1 rings (SSSR count). The molecule has 1 amide bonds. The highest BCUT2D eigenvalue weighted by atomic mass is 16.1. The molecule has 0 aliphatic carbocycles. The number of rotatable bonds is 10. The lowest BCUT2D eigenvalue weighted by molar-refractivity contribution is -0.112. The summed E-state index contributed by atoms with van der Waals surface area (Å²) in [7, 11) is 0. The van der Waals surface area contributed by atoms with Gasteiger partial charge < -0.3 is 5.73 Å². The van der Waals surface area contributed by atoms with E-state index >= 15 is 0 Å². The summed E-state index contributed by atoms with van der Waals surface area (Å²) in [6, 6.07) is 9.76. The molecule has 1 aromatic carbocycles. The van der Waals surface area contributed by atoms with Crippen molar-refractivity contribution >= 4 is 11.5 Å².